The Morgan fingerprint density at radius 1 is 0.364 bits per heavy atom. The molecule has 0 aromatic heterocycles. The quantitative estimate of drug-likeness (QED) is 0.0320. The lowest BCUT2D eigenvalue weighted by Gasteiger charge is -2.22. The maximum absolute atomic E-state index is 12.5. The zero-order valence-corrected chi connectivity index (χ0v) is 52.2. The Bertz CT molecular complexity index is 1200. The number of esters is 1. The van der Waals surface area contributed by atoms with Crippen molar-refractivity contribution in [2.75, 3.05) is 13.2 Å². The highest BCUT2D eigenvalue weighted by atomic mass is 16.5. The SMILES string of the molecule is CCCCCCCCCCCCCCCCCCCCCCC(O)C(CO)NC(=O)CCCCCCCCC/C=C\C/C=C\CCCCCCCCCCCOC(=O)CCCCCCCCCCCCCCCCCCC. The van der Waals surface area contributed by atoms with Gasteiger partial charge in [-0.2, -0.15) is 0 Å². The van der Waals surface area contributed by atoms with Crippen LogP contribution in [0.4, 0.5) is 0 Å². The van der Waals surface area contributed by atoms with E-state index in [1.54, 1.807) is 0 Å². The van der Waals surface area contributed by atoms with Crippen LogP contribution in [0.15, 0.2) is 24.3 Å². The van der Waals surface area contributed by atoms with E-state index in [0.29, 0.717) is 25.9 Å². The van der Waals surface area contributed by atoms with Crippen molar-refractivity contribution in [2.45, 2.75) is 405 Å². The van der Waals surface area contributed by atoms with Crippen molar-refractivity contribution < 1.29 is 24.5 Å². The molecule has 0 fully saturated rings. The second-order valence-corrected chi connectivity index (χ2v) is 24.2. The number of carbonyl (C=O) groups excluding carboxylic acids is 2. The molecule has 0 aliphatic rings. The van der Waals surface area contributed by atoms with Crippen LogP contribution < -0.4 is 5.32 Å². The number of allylic oxidation sites excluding steroid dienone is 4. The van der Waals surface area contributed by atoms with Crippen LogP contribution in [0.1, 0.15) is 393 Å². The molecule has 0 aromatic carbocycles. The Kier molecular flexibility index (Phi) is 65.4. The van der Waals surface area contributed by atoms with Gasteiger partial charge >= 0.3 is 5.97 Å². The van der Waals surface area contributed by atoms with E-state index in [2.05, 4.69) is 43.5 Å². The zero-order chi connectivity index (χ0) is 55.7. The van der Waals surface area contributed by atoms with E-state index in [9.17, 15) is 19.8 Å². The number of hydrogen-bond donors (Lipinski definition) is 3. The summed E-state index contributed by atoms with van der Waals surface area (Å²) in [5, 5.41) is 23.4. The molecule has 0 saturated heterocycles. The van der Waals surface area contributed by atoms with Crippen molar-refractivity contribution in [1.29, 1.82) is 0 Å². The van der Waals surface area contributed by atoms with Gasteiger partial charge in [-0.25, -0.2) is 0 Å². The fourth-order valence-electron chi connectivity index (χ4n) is 11.1. The largest absolute Gasteiger partial charge is 0.466 e. The molecule has 0 saturated carbocycles. The number of unbranched alkanes of at least 4 members (excludes halogenated alkanes) is 51. The van der Waals surface area contributed by atoms with Gasteiger partial charge in [-0.1, -0.05) is 346 Å². The summed E-state index contributed by atoms with van der Waals surface area (Å²) in [6.07, 6.45) is 83.6. The minimum Gasteiger partial charge on any atom is -0.466 e. The maximum Gasteiger partial charge on any atom is 0.305 e. The molecule has 1 amide bonds. The molecule has 3 N–H and O–H groups in total. The van der Waals surface area contributed by atoms with Crippen molar-refractivity contribution >= 4 is 11.9 Å². The molecule has 2 atom stereocenters. The average molecular weight is 1080 g/mol. The summed E-state index contributed by atoms with van der Waals surface area (Å²) in [6.45, 7) is 4.99. The standard InChI is InChI=1S/C71H137NO5/c1-3-5-7-9-11-13-15-17-19-21-22-28-32-35-39-43-47-51-55-59-63-69(74)68(67-73)72-70(75)64-60-56-52-48-44-40-36-33-29-26-24-23-25-27-30-34-38-42-46-50-54-58-62-66-77-71(76)65-61-57-53-49-45-41-37-31-20-18-16-14-12-10-8-6-4-2/h23,25-26,29,68-69,73-74H,3-22,24,27-28,30-67H2,1-2H3,(H,72,75)/b25-23-,29-26-. The Labute approximate surface area is 481 Å². The van der Waals surface area contributed by atoms with Crippen LogP contribution in [0.5, 0.6) is 0 Å². The van der Waals surface area contributed by atoms with Gasteiger partial charge in [-0.15, -0.1) is 0 Å². The van der Waals surface area contributed by atoms with Crippen LogP contribution in [-0.2, 0) is 14.3 Å². The van der Waals surface area contributed by atoms with E-state index in [4.69, 9.17) is 4.74 Å². The number of amides is 1. The Morgan fingerprint density at radius 3 is 0.987 bits per heavy atom. The van der Waals surface area contributed by atoms with E-state index in [1.807, 2.05) is 0 Å². The first-order valence-corrected chi connectivity index (χ1v) is 35.1. The van der Waals surface area contributed by atoms with Gasteiger partial charge in [0.05, 0.1) is 25.4 Å². The lowest BCUT2D eigenvalue weighted by Crippen LogP contribution is -2.45. The molecule has 0 aromatic rings. The molecule has 0 radical (unpaired) electrons. The maximum atomic E-state index is 12.5. The van der Waals surface area contributed by atoms with Gasteiger partial charge in [0.1, 0.15) is 0 Å². The van der Waals surface area contributed by atoms with Gasteiger partial charge in [-0.05, 0) is 57.8 Å². The van der Waals surface area contributed by atoms with E-state index in [1.165, 1.54) is 315 Å². The topological polar surface area (TPSA) is 95.9 Å². The number of aliphatic hydroxyl groups excluding tert-OH is 2. The highest BCUT2D eigenvalue weighted by Crippen LogP contribution is 2.19. The molecule has 0 heterocycles. The van der Waals surface area contributed by atoms with Gasteiger partial charge in [0.25, 0.3) is 0 Å². The molecule has 0 bridgehead atoms. The van der Waals surface area contributed by atoms with Crippen LogP contribution in [0.2, 0.25) is 0 Å². The van der Waals surface area contributed by atoms with E-state index >= 15 is 0 Å². The molecule has 2 unspecified atom stereocenters. The van der Waals surface area contributed by atoms with E-state index in [-0.39, 0.29) is 18.5 Å². The first-order valence-electron chi connectivity index (χ1n) is 35.1. The molecule has 77 heavy (non-hydrogen) atoms. The second-order valence-electron chi connectivity index (χ2n) is 24.2. The molecule has 0 aliphatic heterocycles. The number of hydrogen-bond acceptors (Lipinski definition) is 5. The third-order valence-corrected chi connectivity index (χ3v) is 16.5. The molecule has 0 spiro atoms. The van der Waals surface area contributed by atoms with Crippen LogP contribution in [-0.4, -0.2) is 47.4 Å². The number of nitrogens with one attached hydrogen (secondary N) is 1. The van der Waals surface area contributed by atoms with Crippen molar-refractivity contribution in [3.8, 4) is 0 Å². The van der Waals surface area contributed by atoms with E-state index in [0.717, 1.165) is 44.9 Å². The lowest BCUT2D eigenvalue weighted by atomic mass is 10.0. The summed E-state index contributed by atoms with van der Waals surface area (Å²) in [5.74, 6) is -0.0295. The Hall–Kier alpha value is -1.66. The first-order chi connectivity index (χ1) is 38.0. The van der Waals surface area contributed by atoms with Gasteiger partial charge in [0, 0.05) is 12.8 Å². The van der Waals surface area contributed by atoms with Gasteiger partial charge in [0.15, 0.2) is 0 Å². The van der Waals surface area contributed by atoms with Crippen LogP contribution in [0, 0.1) is 0 Å². The molecular formula is C71H137NO5. The van der Waals surface area contributed by atoms with Crippen molar-refractivity contribution in [1.82, 2.24) is 5.32 Å². The van der Waals surface area contributed by atoms with Gasteiger partial charge in [0.2, 0.25) is 5.91 Å². The predicted molar refractivity (Wildman–Crippen MR) is 338 cm³/mol. The van der Waals surface area contributed by atoms with Crippen molar-refractivity contribution in [2.24, 2.45) is 0 Å². The number of aliphatic hydroxyl groups is 2. The predicted octanol–water partition coefficient (Wildman–Crippen LogP) is 22.5. The highest BCUT2D eigenvalue weighted by Gasteiger charge is 2.20. The van der Waals surface area contributed by atoms with E-state index < -0.39 is 12.1 Å². The normalized spacial score (nSPS) is 12.6. The molecule has 6 nitrogen and oxygen atoms in total. The van der Waals surface area contributed by atoms with Crippen molar-refractivity contribution in [3.05, 3.63) is 24.3 Å². The number of ether oxygens (including phenoxy) is 1. The Morgan fingerprint density at radius 2 is 0.649 bits per heavy atom. The van der Waals surface area contributed by atoms with Gasteiger partial charge in [-0.3, -0.25) is 9.59 Å². The Balaban J connectivity index is 3.43. The van der Waals surface area contributed by atoms with Crippen LogP contribution >= 0.6 is 0 Å². The zero-order valence-electron chi connectivity index (χ0n) is 52.2. The molecule has 0 rings (SSSR count). The third kappa shape index (κ3) is 63.4. The average Bonchev–Trinajstić information content (AvgIpc) is 3.43. The summed E-state index contributed by atoms with van der Waals surface area (Å²) in [5.41, 5.74) is 0. The summed E-state index contributed by atoms with van der Waals surface area (Å²) >= 11 is 0. The van der Waals surface area contributed by atoms with Crippen LogP contribution in [0.3, 0.4) is 0 Å². The van der Waals surface area contributed by atoms with Crippen LogP contribution in [0.25, 0.3) is 0 Å². The first kappa shape index (κ1) is 75.3. The lowest BCUT2D eigenvalue weighted by molar-refractivity contribution is -0.143. The second kappa shape index (κ2) is 66.8. The third-order valence-electron chi connectivity index (χ3n) is 16.5. The minimum absolute atomic E-state index is 0.0119. The summed E-state index contributed by atoms with van der Waals surface area (Å²) < 4.78 is 5.50. The fourth-order valence-corrected chi connectivity index (χ4v) is 11.1. The fraction of sp³-hybridized carbons (Fsp3) is 0.915. The smallest absolute Gasteiger partial charge is 0.305 e. The summed E-state index contributed by atoms with van der Waals surface area (Å²) in [4.78, 5) is 24.6. The summed E-state index contributed by atoms with van der Waals surface area (Å²) in [6, 6.07) is -0.550. The van der Waals surface area contributed by atoms with Crippen molar-refractivity contribution in [3.63, 3.8) is 0 Å². The number of carbonyl (C=O) groups is 2. The molecule has 456 valence electrons. The monoisotopic (exact) mass is 1080 g/mol. The highest BCUT2D eigenvalue weighted by molar-refractivity contribution is 5.76. The number of rotatable bonds is 66. The van der Waals surface area contributed by atoms with Gasteiger partial charge < -0.3 is 20.3 Å². The molecule has 6 heteroatoms. The molecular weight excluding hydrogens is 947 g/mol. The molecule has 0 aliphatic carbocycles. The minimum atomic E-state index is -0.672. The summed E-state index contributed by atoms with van der Waals surface area (Å²) in [7, 11) is 0.